The van der Waals surface area contributed by atoms with Crippen LogP contribution in [0.5, 0.6) is 0 Å². The number of benzene rings is 1. The minimum atomic E-state index is -0.493. The van der Waals surface area contributed by atoms with E-state index in [4.69, 9.17) is 5.73 Å². The lowest BCUT2D eigenvalue weighted by atomic mass is 9.85. The summed E-state index contributed by atoms with van der Waals surface area (Å²) in [4.78, 5) is 4.14. The first kappa shape index (κ1) is 11.8. The molecular formula is C15H18N2. The van der Waals surface area contributed by atoms with Gasteiger partial charge in [0.05, 0.1) is 5.54 Å². The van der Waals surface area contributed by atoms with E-state index in [-0.39, 0.29) is 0 Å². The first-order valence-corrected chi connectivity index (χ1v) is 5.79. The molecule has 2 aromatic rings. The summed E-state index contributed by atoms with van der Waals surface area (Å²) in [5, 5.41) is 0. The van der Waals surface area contributed by atoms with Crippen LogP contribution in [0.15, 0.2) is 42.7 Å². The predicted octanol–water partition coefficient (Wildman–Crippen LogP) is 2.92. The van der Waals surface area contributed by atoms with E-state index >= 15 is 0 Å². The van der Waals surface area contributed by atoms with Gasteiger partial charge in [0.2, 0.25) is 0 Å². The van der Waals surface area contributed by atoms with E-state index in [2.05, 4.69) is 37.0 Å². The first-order chi connectivity index (χ1) is 8.01. The van der Waals surface area contributed by atoms with Gasteiger partial charge in [0.15, 0.2) is 0 Å². The summed E-state index contributed by atoms with van der Waals surface area (Å²) in [6.45, 7) is 6.24. The van der Waals surface area contributed by atoms with Crippen LogP contribution < -0.4 is 5.73 Å². The van der Waals surface area contributed by atoms with Crippen LogP contribution in [0, 0.1) is 13.8 Å². The van der Waals surface area contributed by atoms with Gasteiger partial charge in [-0.1, -0.05) is 24.3 Å². The summed E-state index contributed by atoms with van der Waals surface area (Å²) in [5.41, 5.74) is 10.6. The minimum Gasteiger partial charge on any atom is -0.318 e. The maximum Gasteiger partial charge on any atom is 0.0652 e. The lowest BCUT2D eigenvalue weighted by Crippen LogP contribution is -2.34. The molecule has 0 aliphatic carbocycles. The fourth-order valence-electron chi connectivity index (χ4n) is 1.90. The maximum atomic E-state index is 6.44. The Labute approximate surface area is 103 Å². The van der Waals surface area contributed by atoms with Gasteiger partial charge in [0, 0.05) is 12.4 Å². The van der Waals surface area contributed by atoms with Gasteiger partial charge in [-0.05, 0) is 49.1 Å². The third-order valence-electron chi connectivity index (χ3n) is 3.37. The van der Waals surface area contributed by atoms with E-state index in [1.54, 1.807) is 6.20 Å². The highest BCUT2D eigenvalue weighted by Gasteiger charge is 2.23. The highest BCUT2D eigenvalue weighted by Crippen LogP contribution is 2.27. The number of rotatable bonds is 2. The molecule has 1 aromatic heterocycles. The Kier molecular flexibility index (Phi) is 2.99. The second kappa shape index (κ2) is 4.30. The number of hydrogen-bond acceptors (Lipinski definition) is 2. The predicted molar refractivity (Wildman–Crippen MR) is 70.8 cm³/mol. The SMILES string of the molecule is Cc1ccc(C(C)(N)c2cccnc2)cc1C. The molecule has 0 saturated heterocycles. The van der Waals surface area contributed by atoms with Crippen LogP contribution in [0.3, 0.4) is 0 Å². The van der Waals surface area contributed by atoms with E-state index in [0.717, 1.165) is 11.1 Å². The molecule has 2 heteroatoms. The van der Waals surface area contributed by atoms with E-state index in [1.807, 2.05) is 25.3 Å². The molecule has 2 rings (SSSR count). The summed E-state index contributed by atoms with van der Waals surface area (Å²) in [7, 11) is 0. The average Bonchev–Trinajstić information content (AvgIpc) is 2.33. The van der Waals surface area contributed by atoms with Gasteiger partial charge in [0.1, 0.15) is 0 Å². The fraction of sp³-hybridized carbons (Fsp3) is 0.267. The summed E-state index contributed by atoms with van der Waals surface area (Å²) in [6, 6.07) is 10.3. The topological polar surface area (TPSA) is 38.9 Å². The van der Waals surface area contributed by atoms with Crippen LogP contribution in [0.4, 0.5) is 0 Å². The standard InChI is InChI=1S/C15H18N2/c1-11-6-7-13(9-12(11)2)15(3,16)14-5-4-8-17-10-14/h4-10H,16H2,1-3H3. The second-order valence-corrected chi connectivity index (χ2v) is 4.74. The van der Waals surface area contributed by atoms with Crippen molar-refractivity contribution in [1.82, 2.24) is 4.98 Å². The average molecular weight is 226 g/mol. The van der Waals surface area contributed by atoms with Gasteiger partial charge >= 0.3 is 0 Å². The number of hydrogen-bond donors (Lipinski definition) is 1. The van der Waals surface area contributed by atoms with Gasteiger partial charge in [-0.15, -0.1) is 0 Å². The van der Waals surface area contributed by atoms with Crippen molar-refractivity contribution in [2.24, 2.45) is 5.73 Å². The van der Waals surface area contributed by atoms with Crippen LogP contribution >= 0.6 is 0 Å². The molecule has 1 atom stereocenters. The Bertz CT molecular complexity index is 516. The largest absolute Gasteiger partial charge is 0.318 e. The second-order valence-electron chi connectivity index (χ2n) is 4.74. The Hall–Kier alpha value is -1.67. The van der Waals surface area contributed by atoms with E-state index in [1.165, 1.54) is 11.1 Å². The molecule has 1 aromatic carbocycles. The number of aryl methyl sites for hydroxylation is 2. The monoisotopic (exact) mass is 226 g/mol. The lowest BCUT2D eigenvalue weighted by Gasteiger charge is -2.26. The van der Waals surface area contributed by atoms with Crippen molar-refractivity contribution in [1.29, 1.82) is 0 Å². The van der Waals surface area contributed by atoms with Gasteiger partial charge < -0.3 is 5.73 Å². The van der Waals surface area contributed by atoms with Crippen LogP contribution in [0.2, 0.25) is 0 Å². The first-order valence-electron chi connectivity index (χ1n) is 5.79. The quantitative estimate of drug-likeness (QED) is 0.855. The smallest absolute Gasteiger partial charge is 0.0652 e. The summed E-state index contributed by atoms with van der Waals surface area (Å²) >= 11 is 0. The van der Waals surface area contributed by atoms with Crippen LogP contribution in [0.25, 0.3) is 0 Å². The van der Waals surface area contributed by atoms with Gasteiger partial charge in [0.25, 0.3) is 0 Å². The zero-order chi connectivity index (χ0) is 12.5. The van der Waals surface area contributed by atoms with E-state index < -0.39 is 5.54 Å². The number of nitrogens with two attached hydrogens (primary N) is 1. The van der Waals surface area contributed by atoms with Crippen molar-refractivity contribution in [3.63, 3.8) is 0 Å². The molecule has 0 aliphatic heterocycles. The van der Waals surface area contributed by atoms with Gasteiger partial charge in [-0.3, -0.25) is 4.98 Å². The van der Waals surface area contributed by atoms with Crippen molar-refractivity contribution < 1.29 is 0 Å². The maximum absolute atomic E-state index is 6.44. The van der Waals surface area contributed by atoms with Gasteiger partial charge in [-0.25, -0.2) is 0 Å². The molecule has 17 heavy (non-hydrogen) atoms. The molecule has 0 amide bonds. The third kappa shape index (κ3) is 2.22. The Balaban J connectivity index is 2.48. The van der Waals surface area contributed by atoms with Crippen LogP contribution in [-0.2, 0) is 5.54 Å². The molecule has 2 N–H and O–H groups in total. The van der Waals surface area contributed by atoms with Crippen LogP contribution in [-0.4, -0.2) is 4.98 Å². The highest BCUT2D eigenvalue weighted by atomic mass is 14.7. The zero-order valence-corrected chi connectivity index (χ0v) is 10.6. The molecule has 1 heterocycles. The molecule has 0 radical (unpaired) electrons. The highest BCUT2D eigenvalue weighted by molar-refractivity contribution is 5.39. The molecule has 0 fully saturated rings. The van der Waals surface area contributed by atoms with Crippen molar-refractivity contribution >= 4 is 0 Å². The molecule has 0 spiro atoms. The molecule has 0 saturated carbocycles. The molecule has 0 aliphatic rings. The van der Waals surface area contributed by atoms with Crippen molar-refractivity contribution in [3.05, 3.63) is 65.0 Å². The molecule has 1 unspecified atom stereocenters. The molecule has 0 bridgehead atoms. The lowest BCUT2D eigenvalue weighted by molar-refractivity contribution is 0.599. The fourth-order valence-corrected chi connectivity index (χ4v) is 1.90. The van der Waals surface area contributed by atoms with E-state index in [0.29, 0.717) is 0 Å². The normalized spacial score (nSPS) is 14.4. The molecular weight excluding hydrogens is 208 g/mol. The number of nitrogens with zero attached hydrogens (tertiary/aromatic N) is 1. The van der Waals surface area contributed by atoms with E-state index in [9.17, 15) is 0 Å². The zero-order valence-electron chi connectivity index (χ0n) is 10.6. The van der Waals surface area contributed by atoms with Crippen molar-refractivity contribution in [2.75, 3.05) is 0 Å². The Morgan fingerprint density at radius 3 is 2.41 bits per heavy atom. The van der Waals surface area contributed by atoms with Gasteiger partial charge in [-0.2, -0.15) is 0 Å². The van der Waals surface area contributed by atoms with Crippen molar-refractivity contribution in [3.8, 4) is 0 Å². The Morgan fingerprint density at radius 2 is 1.82 bits per heavy atom. The summed E-state index contributed by atoms with van der Waals surface area (Å²) in [6.07, 6.45) is 3.59. The summed E-state index contributed by atoms with van der Waals surface area (Å²) < 4.78 is 0. The number of pyridine rings is 1. The molecule has 2 nitrogen and oxygen atoms in total. The molecule has 88 valence electrons. The Morgan fingerprint density at radius 1 is 1.06 bits per heavy atom. The van der Waals surface area contributed by atoms with Crippen LogP contribution in [0.1, 0.15) is 29.2 Å². The number of aromatic nitrogens is 1. The summed E-state index contributed by atoms with van der Waals surface area (Å²) in [5.74, 6) is 0. The minimum absolute atomic E-state index is 0.493. The third-order valence-corrected chi connectivity index (χ3v) is 3.37. The van der Waals surface area contributed by atoms with Crippen molar-refractivity contribution in [2.45, 2.75) is 26.3 Å².